The molecule has 3 aliphatic rings. The Labute approximate surface area is 255 Å². The van der Waals surface area contributed by atoms with Crippen molar-refractivity contribution in [2.24, 2.45) is 5.41 Å². The lowest BCUT2D eigenvalue weighted by Crippen LogP contribution is -2.42. The first-order valence-electron chi connectivity index (χ1n) is 14.7. The van der Waals surface area contributed by atoms with Crippen molar-refractivity contribution in [2.45, 2.75) is 51.1 Å². The molecule has 11 heteroatoms. The summed E-state index contributed by atoms with van der Waals surface area (Å²) in [4.78, 5) is 19.1. The van der Waals surface area contributed by atoms with E-state index >= 15 is 0 Å². The van der Waals surface area contributed by atoms with Crippen LogP contribution in [0.2, 0.25) is 0 Å². The fraction of sp³-hybridized carbons (Fsp3) is 0.364. The van der Waals surface area contributed by atoms with Gasteiger partial charge in [-0.25, -0.2) is 9.19 Å². The molecule has 1 N–H and O–H groups in total. The molecule has 1 spiro atoms. The van der Waals surface area contributed by atoms with Crippen molar-refractivity contribution in [3.05, 3.63) is 82.8 Å². The number of rotatable bonds is 6. The molecule has 0 radical (unpaired) electrons. The summed E-state index contributed by atoms with van der Waals surface area (Å²) in [5.74, 6) is 0.469. The summed E-state index contributed by atoms with van der Waals surface area (Å²) >= 11 is 0. The predicted molar refractivity (Wildman–Crippen MR) is 163 cm³/mol. The maximum absolute atomic E-state index is 13.9. The molecule has 1 saturated carbocycles. The number of halogens is 3. The zero-order valence-electron chi connectivity index (χ0n) is 24.3. The lowest BCUT2D eigenvalue weighted by molar-refractivity contribution is -0.137. The summed E-state index contributed by atoms with van der Waals surface area (Å²) in [6.45, 7) is 3.61. The smallest absolute Gasteiger partial charge is 0.371 e. The van der Waals surface area contributed by atoms with Crippen LogP contribution in [-0.4, -0.2) is 39.6 Å². The maximum Gasteiger partial charge on any atom is 0.417 e. The molecule has 1 saturated heterocycles. The van der Waals surface area contributed by atoms with E-state index in [9.17, 15) is 22.2 Å². The number of allylic oxidation sites excluding steroid dienone is 2. The molecule has 2 aromatic heterocycles. The second kappa shape index (κ2) is 10.6. The number of aromatic nitrogens is 2. The van der Waals surface area contributed by atoms with Crippen LogP contribution in [0.25, 0.3) is 27.7 Å². The van der Waals surface area contributed by atoms with Crippen LogP contribution < -0.4 is 9.62 Å². The molecule has 44 heavy (non-hydrogen) atoms. The maximum atomic E-state index is 13.9. The van der Waals surface area contributed by atoms with Crippen molar-refractivity contribution in [3.63, 3.8) is 0 Å². The molecule has 1 unspecified atom stereocenters. The molecule has 3 heterocycles. The number of fused-ring (bicyclic) bond motifs is 1. The van der Waals surface area contributed by atoms with Gasteiger partial charge in [0.25, 0.3) is 5.91 Å². The highest BCUT2D eigenvalue weighted by atomic mass is 32.2. The molecule has 2 aliphatic carbocycles. The molecule has 2 aromatic carbocycles. The third-order valence-corrected chi connectivity index (χ3v) is 9.56. The monoisotopic (exact) mass is 620 g/mol. The number of amides is 1. The van der Waals surface area contributed by atoms with E-state index in [2.05, 4.69) is 31.9 Å². The normalized spacial score (nSPS) is 18.7. The molecule has 2 fully saturated rings. The van der Waals surface area contributed by atoms with Gasteiger partial charge in [0.15, 0.2) is 0 Å². The number of carbonyl (C=O) groups is 1. The highest BCUT2D eigenvalue weighted by Gasteiger charge is 2.45. The number of piperidine rings is 1. The molecule has 1 amide bonds. The Morgan fingerprint density at radius 2 is 1.84 bits per heavy atom. The van der Waals surface area contributed by atoms with Crippen LogP contribution in [0.3, 0.4) is 0 Å². The van der Waals surface area contributed by atoms with E-state index in [1.165, 1.54) is 18.4 Å². The minimum absolute atomic E-state index is 0.000680. The van der Waals surface area contributed by atoms with Gasteiger partial charge in [-0.1, -0.05) is 29.4 Å². The quantitative estimate of drug-likeness (QED) is 0.246. The Kier molecular flexibility index (Phi) is 6.91. The lowest BCUT2D eigenvalue weighted by atomic mass is 9.63. The second-order valence-corrected chi connectivity index (χ2v) is 13.3. The number of aryl methyl sites for hydroxylation is 1. The summed E-state index contributed by atoms with van der Waals surface area (Å²) in [6, 6.07) is 13.3. The van der Waals surface area contributed by atoms with Crippen LogP contribution >= 0.6 is 0 Å². The van der Waals surface area contributed by atoms with Gasteiger partial charge in [0, 0.05) is 47.5 Å². The number of anilines is 1. The zero-order chi connectivity index (χ0) is 30.8. The Balaban J connectivity index is 1.11. The summed E-state index contributed by atoms with van der Waals surface area (Å²) in [7, 11) is -1.47. The van der Waals surface area contributed by atoms with E-state index in [0.29, 0.717) is 11.2 Å². The number of pyridine rings is 1. The summed E-state index contributed by atoms with van der Waals surface area (Å²) in [5, 5.41) is 5.16. The number of hydrogen-bond acceptors (Lipinski definition) is 6. The number of benzene rings is 2. The van der Waals surface area contributed by atoms with Gasteiger partial charge >= 0.3 is 6.18 Å². The number of alkyl halides is 3. The summed E-state index contributed by atoms with van der Waals surface area (Å²) in [5.41, 5.74) is 4.37. The van der Waals surface area contributed by atoms with Gasteiger partial charge in [0.2, 0.25) is 0 Å². The zero-order valence-corrected chi connectivity index (χ0v) is 25.1. The molecule has 1 aliphatic heterocycles. The van der Waals surface area contributed by atoms with Crippen LogP contribution in [-0.2, 0) is 17.2 Å². The Morgan fingerprint density at radius 3 is 2.52 bits per heavy atom. The topological polar surface area (TPSA) is 88.3 Å². The first-order chi connectivity index (χ1) is 21.0. The van der Waals surface area contributed by atoms with Crippen LogP contribution in [0, 0.1) is 12.3 Å². The van der Waals surface area contributed by atoms with Crippen molar-refractivity contribution >= 4 is 39.1 Å². The molecule has 7 rings (SSSR count). The number of nitrogens with one attached hydrogen (secondary N) is 1. The fourth-order valence-electron chi connectivity index (χ4n) is 6.65. The van der Waals surface area contributed by atoms with E-state index in [1.807, 2.05) is 19.1 Å². The van der Waals surface area contributed by atoms with Crippen LogP contribution in [0.1, 0.15) is 71.0 Å². The van der Waals surface area contributed by atoms with Crippen molar-refractivity contribution in [1.29, 1.82) is 0 Å². The largest absolute Gasteiger partial charge is 0.417 e. The van der Waals surface area contributed by atoms with Gasteiger partial charge in [-0.05, 0) is 85.9 Å². The van der Waals surface area contributed by atoms with Crippen LogP contribution in [0.5, 0.6) is 0 Å². The molecular formula is C33H31F3N4O3S. The predicted octanol–water partition coefficient (Wildman–Crippen LogP) is 7.19. The van der Waals surface area contributed by atoms with E-state index in [0.717, 1.165) is 84.8 Å². The van der Waals surface area contributed by atoms with Crippen molar-refractivity contribution in [3.8, 4) is 11.3 Å². The van der Waals surface area contributed by atoms with E-state index in [-0.39, 0.29) is 22.6 Å². The van der Waals surface area contributed by atoms with E-state index < -0.39 is 28.6 Å². The first kappa shape index (κ1) is 28.8. The third-order valence-electron chi connectivity index (χ3n) is 9.09. The Morgan fingerprint density at radius 1 is 1.11 bits per heavy atom. The minimum Gasteiger partial charge on any atom is -0.371 e. The highest BCUT2D eigenvalue weighted by molar-refractivity contribution is 7.82. The van der Waals surface area contributed by atoms with Gasteiger partial charge < -0.3 is 9.42 Å². The molecular weight excluding hydrogens is 589 g/mol. The van der Waals surface area contributed by atoms with Gasteiger partial charge in [-0.3, -0.25) is 9.52 Å². The van der Waals surface area contributed by atoms with Crippen molar-refractivity contribution in [1.82, 2.24) is 14.9 Å². The lowest BCUT2D eigenvalue weighted by Gasteiger charge is -2.47. The van der Waals surface area contributed by atoms with Gasteiger partial charge in [-0.2, -0.15) is 13.2 Å². The molecule has 7 nitrogen and oxygen atoms in total. The summed E-state index contributed by atoms with van der Waals surface area (Å²) < 4.78 is 61.2. The second-order valence-electron chi connectivity index (χ2n) is 12.2. The third kappa shape index (κ3) is 5.21. The Hall–Kier alpha value is -3.99. The minimum atomic E-state index is -4.49. The first-order valence-corrected chi connectivity index (χ1v) is 16.3. The number of hydrogen-bond donors (Lipinski definition) is 1. The molecule has 0 bridgehead atoms. The molecule has 228 valence electrons. The van der Waals surface area contributed by atoms with E-state index in [4.69, 9.17) is 4.52 Å². The fourth-order valence-corrected chi connectivity index (χ4v) is 7.01. The van der Waals surface area contributed by atoms with Crippen molar-refractivity contribution < 1.29 is 26.7 Å². The molecule has 4 aromatic rings. The van der Waals surface area contributed by atoms with E-state index in [1.54, 1.807) is 12.1 Å². The van der Waals surface area contributed by atoms with Crippen LogP contribution in [0.15, 0.2) is 59.1 Å². The summed E-state index contributed by atoms with van der Waals surface area (Å²) in [6.07, 6.45) is 3.74. The number of carbonyl (C=O) groups excluding carboxylic acids is 1. The van der Waals surface area contributed by atoms with Crippen LogP contribution in [0.4, 0.5) is 18.9 Å². The average molecular weight is 621 g/mol. The van der Waals surface area contributed by atoms with Gasteiger partial charge in [0.05, 0.1) is 11.1 Å². The Bertz CT molecular complexity index is 1850. The standard InChI is InChI=1S/C33H31F3N4O3S/c1-19-15-27(31(41)39-44(2)42)37-26-10-9-22(16-24(19)26)40-13-11-32(12-14-40)17-21(18-32)28-29(38-43-30(28)20-7-8-20)23-5-3-4-6-25(23)33(34,35)36/h3-6,9-10,15-17,20H,7-8,11-14,18H2,1-2H3,(H,39,41). The van der Waals surface area contributed by atoms with Crippen molar-refractivity contribution in [2.75, 3.05) is 24.2 Å². The molecule has 1 atom stereocenters. The van der Waals surface area contributed by atoms with Gasteiger partial charge in [0.1, 0.15) is 28.1 Å². The highest BCUT2D eigenvalue weighted by Crippen LogP contribution is 2.56. The van der Waals surface area contributed by atoms with Gasteiger partial charge in [-0.15, -0.1) is 0 Å². The number of nitrogens with zero attached hydrogens (tertiary/aromatic N) is 3. The SMILES string of the molecule is Cc1cc(C(=O)NS(C)=O)nc2ccc(N3CCC4(C=C(c5c(-c6ccccc6C(F)(F)F)noc5C5CC5)C4)CC3)cc12. The average Bonchev–Trinajstić information content (AvgIpc) is 3.73.